The van der Waals surface area contributed by atoms with Gasteiger partial charge in [0.2, 0.25) is 0 Å². The number of hydrogen-bond donors (Lipinski definition) is 1. The minimum atomic E-state index is -3.71. The number of rotatable bonds is 6. The topological polar surface area (TPSA) is 67.8 Å². The average Bonchev–Trinajstić information content (AvgIpc) is 2.50. The lowest BCUT2D eigenvalue weighted by molar-refractivity contribution is 0.242. The van der Waals surface area contributed by atoms with Gasteiger partial charge in [-0.1, -0.05) is 27.5 Å². The number of halogens is 2. The third kappa shape index (κ3) is 5.22. The molecule has 0 radical (unpaired) electrons. The van der Waals surface area contributed by atoms with Crippen molar-refractivity contribution >= 4 is 43.8 Å². The Morgan fingerprint density at radius 1 is 1.21 bits per heavy atom. The second-order valence-electron chi connectivity index (χ2n) is 5.16. The van der Waals surface area contributed by atoms with Crippen LogP contribution >= 0.6 is 27.5 Å². The predicted octanol–water partition coefficient (Wildman–Crippen LogP) is 4.20. The van der Waals surface area contributed by atoms with Crippen LogP contribution in [0.25, 0.3) is 0 Å². The van der Waals surface area contributed by atoms with Crippen molar-refractivity contribution in [2.24, 2.45) is 5.10 Å². The van der Waals surface area contributed by atoms with Crippen LogP contribution in [0.2, 0.25) is 5.02 Å². The zero-order chi connectivity index (χ0) is 17.7. The minimum Gasteiger partial charge on any atom is -0.489 e. The van der Waals surface area contributed by atoms with Crippen LogP contribution in [0.1, 0.15) is 19.4 Å². The van der Waals surface area contributed by atoms with Gasteiger partial charge in [0.25, 0.3) is 10.0 Å². The van der Waals surface area contributed by atoms with Gasteiger partial charge in [-0.2, -0.15) is 13.5 Å². The number of hydrazone groups is 1. The Bertz CT molecular complexity index is 837. The summed E-state index contributed by atoms with van der Waals surface area (Å²) in [7, 11) is -3.71. The van der Waals surface area contributed by atoms with Crippen molar-refractivity contribution in [2.75, 3.05) is 0 Å². The fraction of sp³-hybridized carbons (Fsp3) is 0.188. The molecule has 0 saturated carbocycles. The molecule has 0 aliphatic heterocycles. The molecule has 2 aromatic carbocycles. The van der Waals surface area contributed by atoms with Gasteiger partial charge in [0.15, 0.2) is 0 Å². The van der Waals surface area contributed by atoms with Crippen molar-refractivity contribution in [3.8, 4) is 5.75 Å². The number of hydrogen-bond acceptors (Lipinski definition) is 4. The van der Waals surface area contributed by atoms with Gasteiger partial charge in [0.1, 0.15) is 5.75 Å². The maximum atomic E-state index is 12.1. The van der Waals surface area contributed by atoms with E-state index in [-0.39, 0.29) is 11.0 Å². The zero-order valence-corrected chi connectivity index (χ0v) is 16.2. The monoisotopic (exact) mass is 430 g/mol. The van der Waals surface area contributed by atoms with Crippen LogP contribution in [0.3, 0.4) is 0 Å². The zero-order valence-electron chi connectivity index (χ0n) is 13.0. The molecule has 0 aliphatic carbocycles. The first kappa shape index (κ1) is 18.8. The highest BCUT2D eigenvalue weighted by Crippen LogP contribution is 2.25. The molecule has 5 nitrogen and oxygen atoms in total. The molecule has 24 heavy (non-hydrogen) atoms. The first-order valence-corrected chi connectivity index (χ1v) is 9.70. The van der Waals surface area contributed by atoms with Gasteiger partial charge >= 0.3 is 0 Å². The van der Waals surface area contributed by atoms with E-state index in [1.54, 1.807) is 30.3 Å². The van der Waals surface area contributed by atoms with Crippen LogP contribution in [0, 0.1) is 0 Å². The molecule has 128 valence electrons. The van der Waals surface area contributed by atoms with Crippen molar-refractivity contribution in [2.45, 2.75) is 24.8 Å². The van der Waals surface area contributed by atoms with Crippen LogP contribution < -0.4 is 9.57 Å². The first-order chi connectivity index (χ1) is 11.3. The van der Waals surface area contributed by atoms with E-state index >= 15 is 0 Å². The molecule has 2 rings (SSSR count). The molecule has 2 aromatic rings. The highest BCUT2D eigenvalue weighted by molar-refractivity contribution is 9.10. The Balaban J connectivity index is 2.08. The normalized spacial score (nSPS) is 11.9. The fourth-order valence-corrected chi connectivity index (χ4v) is 3.07. The first-order valence-electron chi connectivity index (χ1n) is 7.04. The maximum Gasteiger partial charge on any atom is 0.276 e. The van der Waals surface area contributed by atoms with Crippen molar-refractivity contribution in [3.63, 3.8) is 0 Å². The molecule has 0 fully saturated rings. The van der Waals surface area contributed by atoms with Gasteiger partial charge in [0.05, 0.1) is 22.2 Å². The van der Waals surface area contributed by atoms with Gasteiger partial charge in [0, 0.05) is 4.47 Å². The number of nitrogens with one attached hydrogen (secondary N) is 1. The number of nitrogens with zero attached hydrogens (tertiary/aromatic N) is 1. The molecule has 0 unspecified atom stereocenters. The molecule has 0 aliphatic rings. The summed E-state index contributed by atoms with van der Waals surface area (Å²) in [4.78, 5) is 2.29. The van der Waals surface area contributed by atoms with Gasteiger partial charge in [-0.3, -0.25) is 0 Å². The van der Waals surface area contributed by atoms with E-state index in [0.717, 1.165) is 4.47 Å². The molecular formula is C16H16BrClN2O3S. The number of sulfonamides is 1. The van der Waals surface area contributed by atoms with E-state index in [9.17, 15) is 8.42 Å². The second-order valence-corrected chi connectivity index (χ2v) is 8.15. The lowest BCUT2D eigenvalue weighted by Crippen LogP contribution is -2.18. The Hall–Kier alpha value is -1.57. The second kappa shape index (κ2) is 8.00. The van der Waals surface area contributed by atoms with E-state index in [0.29, 0.717) is 16.3 Å². The Morgan fingerprint density at radius 3 is 2.46 bits per heavy atom. The third-order valence-electron chi connectivity index (χ3n) is 2.83. The molecule has 0 amide bonds. The lowest BCUT2D eigenvalue weighted by atomic mass is 10.2. The summed E-state index contributed by atoms with van der Waals surface area (Å²) in [5, 5.41) is 4.20. The van der Waals surface area contributed by atoms with Crippen LogP contribution in [-0.4, -0.2) is 20.7 Å². The van der Waals surface area contributed by atoms with Crippen LogP contribution in [0.4, 0.5) is 0 Å². The van der Waals surface area contributed by atoms with Crippen molar-refractivity contribution in [1.82, 2.24) is 4.83 Å². The van der Waals surface area contributed by atoms with Gasteiger partial charge < -0.3 is 4.74 Å². The van der Waals surface area contributed by atoms with Gasteiger partial charge in [-0.25, -0.2) is 4.83 Å². The summed E-state index contributed by atoms with van der Waals surface area (Å²) < 4.78 is 30.5. The predicted molar refractivity (Wildman–Crippen MR) is 99.3 cm³/mol. The molecule has 0 bridgehead atoms. The summed E-state index contributed by atoms with van der Waals surface area (Å²) >= 11 is 9.38. The largest absolute Gasteiger partial charge is 0.489 e. The quantitative estimate of drug-likeness (QED) is 0.550. The maximum absolute atomic E-state index is 12.1. The lowest BCUT2D eigenvalue weighted by Gasteiger charge is -2.11. The summed E-state index contributed by atoms with van der Waals surface area (Å²) in [6, 6.07) is 11.4. The molecule has 0 spiro atoms. The van der Waals surface area contributed by atoms with Gasteiger partial charge in [-0.15, -0.1) is 0 Å². The van der Waals surface area contributed by atoms with E-state index in [1.807, 2.05) is 13.8 Å². The van der Waals surface area contributed by atoms with Crippen LogP contribution in [0.15, 0.2) is 56.9 Å². The van der Waals surface area contributed by atoms with Crippen LogP contribution in [0.5, 0.6) is 5.75 Å². The molecular weight excluding hydrogens is 416 g/mol. The van der Waals surface area contributed by atoms with E-state index < -0.39 is 10.0 Å². The Morgan fingerprint density at radius 2 is 1.88 bits per heavy atom. The molecule has 0 heterocycles. The van der Waals surface area contributed by atoms with Gasteiger partial charge in [-0.05, 0) is 61.9 Å². The molecule has 0 saturated heterocycles. The molecule has 0 atom stereocenters. The summed E-state index contributed by atoms with van der Waals surface area (Å²) in [5.74, 6) is 0.569. The fourth-order valence-electron chi connectivity index (χ4n) is 1.78. The third-order valence-corrected chi connectivity index (χ3v) is 4.89. The van der Waals surface area contributed by atoms with Crippen molar-refractivity contribution < 1.29 is 13.2 Å². The molecule has 1 N–H and O–H groups in total. The summed E-state index contributed by atoms with van der Waals surface area (Å²) in [5.41, 5.74) is 0.648. The number of benzene rings is 2. The highest BCUT2D eigenvalue weighted by atomic mass is 79.9. The Labute approximate surface area is 154 Å². The minimum absolute atomic E-state index is 0.0136. The van der Waals surface area contributed by atoms with Crippen molar-refractivity contribution in [1.29, 1.82) is 0 Å². The standard InChI is InChI=1S/C16H16BrClN2O3S/c1-11(2)23-16-8-3-12(9-15(16)18)10-19-20-24(21,22)14-6-4-13(17)5-7-14/h3-11,20H,1-2H3/b19-10+. The van der Waals surface area contributed by atoms with E-state index in [2.05, 4.69) is 25.9 Å². The highest BCUT2D eigenvalue weighted by Gasteiger charge is 2.12. The van der Waals surface area contributed by atoms with E-state index in [4.69, 9.17) is 16.3 Å². The smallest absolute Gasteiger partial charge is 0.276 e. The molecule has 8 heteroatoms. The van der Waals surface area contributed by atoms with Crippen molar-refractivity contribution in [3.05, 3.63) is 57.5 Å². The molecule has 0 aromatic heterocycles. The van der Waals surface area contributed by atoms with Crippen LogP contribution in [-0.2, 0) is 10.0 Å². The number of ether oxygens (including phenoxy) is 1. The SMILES string of the molecule is CC(C)Oc1ccc(/C=N/NS(=O)(=O)c2ccc(Br)cc2)cc1Cl. The average molecular weight is 432 g/mol. The Kier molecular flexibility index (Phi) is 6.26. The van der Waals surface area contributed by atoms with E-state index in [1.165, 1.54) is 18.3 Å². The summed E-state index contributed by atoms with van der Waals surface area (Å²) in [6.07, 6.45) is 1.39. The summed E-state index contributed by atoms with van der Waals surface area (Å²) in [6.45, 7) is 3.81.